The maximum Gasteiger partial charge on any atom is 0.0908 e. The van der Waals surface area contributed by atoms with Crippen LogP contribution in [0.4, 0.5) is 0 Å². The van der Waals surface area contributed by atoms with E-state index < -0.39 is 0 Å². The first-order valence-electron chi connectivity index (χ1n) is 3.57. The van der Waals surface area contributed by atoms with Crippen LogP contribution >= 0.6 is 0 Å². The normalized spacial score (nSPS) is 10.8. The molecule has 0 radical (unpaired) electrons. The summed E-state index contributed by atoms with van der Waals surface area (Å²) >= 11 is 0. The summed E-state index contributed by atoms with van der Waals surface area (Å²) in [7, 11) is 0. The van der Waals surface area contributed by atoms with Gasteiger partial charge in [-0.2, -0.15) is 5.26 Å². The first-order chi connectivity index (χ1) is 4.91. The minimum absolute atomic E-state index is 1.01. The van der Waals surface area contributed by atoms with Gasteiger partial charge in [0.05, 0.1) is 6.07 Å². The average Bonchev–Trinajstić information content (AvgIpc) is 1.97. The van der Waals surface area contributed by atoms with Gasteiger partial charge in [-0.05, 0) is 26.2 Å². The molecule has 10 heavy (non-hydrogen) atoms. The molecule has 0 rings (SSSR count). The van der Waals surface area contributed by atoms with Crippen LogP contribution in [-0.2, 0) is 0 Å². The van der Waals surface area contributed by atoms with Gasteiger partial charge in [-0.15, -0.1) is 0 Å². The average molecular weight is 135 g/mol. The molecule has 0 saturated carbocycles. The molecule has 0 aliphatic carbocycles. The van der Waals surface area contributed by atoms with Gasteiger partial charge in [0.2, 0.25) is 0 Å². The van der Waals surface area contributed by atoms with Crippen molar-refractivity contribution in [2.24, 2.45) is 0 Å². The molecule has 0 unspecified atom stereocenters. The summed E-state index contributed by atoms with van der Waals surface area (Å²) in [5.41, 5.74) is 0. The molecule has 0 atom stereocenters. The molecule has 0 aromatic rings. The van der Waals surface area contributed by atoms with E-state index >= 15 is 0 Å². The Morgan fingerprint density at radius 1 is 1.30 bits per heavy atom. The fraction of sp³-hybridized carbons (Fsp3) is 0.444. The van der Waals surface area contributed by atoms with Gasteiger partial charge >= 0.3 is 0 Å². The highest BCUT2D eigenvalue weighted by atomic mass is 14.2. The minimum atomic E-state index is 1.01. The monoisotopic (exact) mass is 135 g/mol. The molecular weight excluding hydrogens is 122 g/mol. The highest BCUT2D eigenvalue weighted by molar-refractivity contribution is 5.01. The summed E-state index contributed by atoms with van der Waals surface area (Å²) in [4.78, 5) is 0. The Labute approximate surface area is 62.7 Å². The molecule has 1 heteroatoms. The molecular formula is C9H13N. The molecule has 0 saturated heterocycles. The van der Waals surface area contributed by atoms with Crippen LogP contribution in [-0.4, -0.2) is 0 Å². The first-order valence-corrected chi connectivity index (χ1v) is 3.57. The van der Waals surface area contributed by atoms with E-state index in [1.54, 1.807) is 0 Å². The Balaban J connectivity index is 3.07. The van der Waals surface area contributed by atoms with E-state index in [-0.39, 0.29) is 0 Å². The van der Waals surface area contributed by atoms with Crippen molar-refractivity contribution in [3.8, 4) is 6.07 Å². The number of rotatable bonds is 4. The van der Waals surface area contributed by atoms with Crippen LogP contribution in [0.25, 0.3) is 0 Å². The van der Waals surface area contributed by atoms with Gasteiger partial charge in [0.1, 0.15) is 0 Å². The molecule has 0 fully saturated rings. The Bertz CT molecular complexity index is 149. The summed E-state index contributed by atoms with van der Waals surface area (Å²) < 4.78 is 0. The van der Waals surface area contributed by atoms with Crippen molar-refractivity contribution in [3.05, 3.63) is 24.3 Å². The van der Waals surface area contributed by atoms with E-state index in [4.69, 9.17) is 5.26 Å². The van der Waals surface area contributed by atoms with Crippen LogP contribution in [0.15, 0.2) is 24.3 Å². The van der Waals surface area contributed by atoms with Crippen molar-refractivity contribution in [2.45, 2.75) is 26.2 Å². The third-order valence-electron chi connectivity index (χ3n) is 1.17. The van der Waals surface area contributed by atoms with Crippen LogP contribution in [0.1, 0.15) is 26.2 Å². The molecule has 0 aliphatic heterocycles. The van der Waals surface area contributed by atoms with Gasteiger partial charge in [0, 0.05) is 6.08 Å². The number of nitriles is 1. The summed E-state index contributed by atoms with van der Waals surface area (Å²) in [5.74, 6) is 0. The fourth-order valence-electron chi connectivity index (χ4n) is 0.656. The van der Waals surface area contributed by atoms with E-state index in [9.17, 15) is 0 Å². The van der Waals surface area contributed by atoms with E-state index in [1.807, 2.05) is 25.1 Å². The first kappa shape index (κ1) is 8.97. The second kappa shape index (κ2) is 7.97. The van der Waals surface area contributed by atoms with E-state index in [1.165, 1.54) is 6.08 Å². The van der Waals surface area contributed by atoms with Gasteiger partial charge in [-0.1, -0.05) is 18.2 Å². The number of allylic oxidation sites excluding steroid dienone is 4. The highest BCUT2D eigenvalue weighted by Crippen LogP contribution is 1.96. The lowest BCUT2D eigenvalue weighted by Crippen LogP contribution is -1.67. The lowest BCUT2D eigenvalue weighted by molar-refractivity contribution is 0.867. The lowest BCUT2D eigenvalue weighted by atomic mass is 10.2. The second-order valence-electron chi connectivity index (χ2n) is 2.03. The van der Waals surface area contributed by atoms with Crippen molar-refractivity contribution in [2.75, 3.05) is 0 Å². The standard InChI is InChI=1S/C9H13N/c1-2-3-4-5-6-7-8-9-10/h2-3,7-8H,4-6H2,1H3. The van der Waals surface area contributed by atoms with Crippen LogP contribution in [0, 0.1) is 11.3 Å². The number of unbranched alkanes of at least 4 members (excludes halogenated alkanes) is 2. The Morgan fingerprint density at radius 2 is 2.00 bits per heavy atom. The van der Waals surface area contributed by atoms with E-state index in [2.05, 4.69) is 6.08 Å². The molecule has 0 aromatic heterocycles. The van der Waals surface area contributed by atoms with Gasteiger partial charge in [0.25, 0.3) is 0 Å². The molecule has 54 valence electrons. The second-order valence-corrected chi connectivity index (χ2v) is 2.03. The van der Waals surface area contributed by atoms with Crippen molar-refractivity contribution >= 4 is 0 Å². The third-order valence-corrected chi connectivity index (χ3v) is 1.17. The van der Waals surface area contributed by atoms with Crippen molar-refractivity contribution in [1.82, 2.24) is 0 Å². The molecule has 0 N–H and O–H groups in total. The van der Waals surface area contributed by atoms with Gasteiger partial charge in [0.15, 0.2) is 0 Å². The molecule has 0 aliphatic rings. The fourth-order valence-corrected chi connectivity index (χ4v) is 0.656. The van der Waals surface area contributed by atoms with Crippen molar-refractivity contribution < 1.29 is 0 Å². The molecule has 1 nitrogen and oxygen atoms in total. The van der Waals surface area contributed by atoms with Gasteiger partial charge in [-0.25, -0.2) is 0 Å². The zero-order valence-corrected chi connectivity index (χ0v) is 6.38. The quantitative estimate of drug-likeness (QED) is 0.330. The summed E-state index contributed by atoms with van der Waals surface area (Å²) in [6.07, 6.45) is 10.9. The van der Waals surface area contributed by atoms with Gasteiger partial charge in [-0.3, -0.25) is 0 Å². The molecule has 0 spiro atoms. The van der Waals surface area contributed by atoms with E-state index in [0.717, 1.165) is 19.3 Å². The lowest BCUT2D eigenvalue weighted by Gasteiger charge is -1.86. The maximum absolute atomic E-state index is 8.12. The van der Waals surface area contributed by atoms with Crippen molar-refractivity contribution in [3.63, 3.8) is 0 Å². The SMILES string of the molecule is CC=CCCCC=CC#N. The third kappa shape index (κ3) is 6.97. The zero-order valence-electron chi connectivity index (χ0n) is 6.38. The summed E-state index contributed by atoms with van der Waals surface area (Å²) in [5, 5.41) is 8.12. The predicted molar refractivity (Wildman–Crippen MR) is 43.4 cm³/mol. The van der Waals surface area contributed by atoms with Crippen LogP contribution in [0.3, 0.4) is 0 Å². The number of hydrogen-bond donors (Lipinski definition) is 0. The molecule has 0 heterocycles. The smallest absolute Gasteiger partial charge is 0.0908 e. The number of hydrogen-bond acceptors (Lipinski definition) is 1. The largest absolute Gasteiger partial charge is 0.193 e. The van der Waals surface area contributed by atoms with Crippen LogP contribution in [0.5, 0.6) is 0 Å². The van der Waals surface area contributed by atoms with E-state index in [0.29, 0.717) is 0 Å². The molecule has 0 aromatic carbocycles. The summed E-state index contributed by atoms with van der Waals surface area (Å²) in [6.45, 7) is 2.02. The summed E-state index contributed by atoms with van der Waals surface area (Å²) in [6, 6.07) is 1.96. The number of nitrogens with zero attached hydrogens (tertiary/aromatic N) is 1. The van der Waals surface area contributed by atoms with Crippen LogP contribution in [0.2, 0.25) is 0 Å². The Hall–Kier alpha value is -1.03. The topological polar surface area (TPSA) is 23.8 Å². The Morgan fingerprint density at radius 3 is 2.60 bits per heavy atom. The maximum atomic E-state index is 8.12. The Kier molecular flexibility index (Phi) is 7.15. The van der Waals surface area contributed by atoms with Gasteiger partial charge < -0.3 is 0 Å². The molecule has 0 bridgehead atoms. The molecule has 0 amide bonds. The zero-order chi connectivity index (χ0) is 7.66. The van der Waals surface area contributed by atoms with Crippen molar-refractivity contribution in [1.29, 1.82) is 5.26 Å². The minimum Gasteiger partial charge on any atom is -0.193 e. The van der Waals surface area contributed by atoms with Crippen LogP contribution < -0.4 is 0 Å². The highest BCUT2D eigenvalue weighted by Gasteiger charge is 1.77. The predicted octanol–water partition coefficient (Wildman–Crippen LogP) is 2.81.